The Balaban J connectivity index is 4.34. The van der Waals surface area contributed by atoms with Crippen molar-refractivity contribution in [2.45, 2.75) is 76.3 Å². The van der Waals surface area contributed by atoms with E-state index in [-0.39, 0.29) is 17.8 Å². The Bertz CT molecular complexity index is 448. The number of amides is 2. The number of carbonyl (C=O) groups excluding carboxylic acids is 3. The van der Waals surface area contributed by atoms with Crippen LogP contribution in [0.1, 0.15) is 64.2 Å². The third kappa shape index (κ3) is 13.5. The SMILES string of the molecule is COC(=O)CCCCCNC(=O)[C@H](CCCCN)NC(=O)[C@@H](N)CCCCN. The molecular formula is C19H39N5O4. The maximum Gasteiger partial charge on any atom is 0.305 e. The van der Waals surface area contributed by atoms with Crippen LogP contribution < -0.4 is 27.8 Å². The highest BCUT2D eigenvalue weighted by Gasteiger charge is 2.23. The average molecular weight is 402 g/mol. The van der Waals surface area contributed by atoms with Crippen LogP contribution in [0, 0.1) is 0 Å². The molecule has 0 heterocycles. The van der Waals surface area contributed by atoms with Crippen LogP contribution in [-0.4, -0.2) is 56.6 Å². The van der Waals surface area contributed by atoms with Crippen LogP contribution in [0.4, 0.5) is 0 Å². The van der Waals surface area contributed by atoms with Gasteiger partial charge in [0.25, 0.3) is 0 Å². The third-order valence-electron chi connectivity index (χ3n) is 4.47. The van der Waals surface area contributed by atoms with Crippen molar-refractivity contribution in [3.8, 4) is 0 Å². The van der Waals surface area contributed by atoms with Crippen LogP contribution in [0.2, 0.25) is 0 Å². The summed E-state index contributed by atoms with van der Waals surface area (Å²) in [5.74, 6) is -0.759. The fourth-order valence-corrected chi connectivity index (χ4v) is 2.69. The van der Waals surface area contributed by atoms with Crippen LogP contribution in [0.5, 0.6) is 0 Å². The summed E-state index contributed by atoms with van der Waals surface area (Å²) in [6, 6.07) is -1.26. The highest BCUT2D eigenvalue weighted by atomic mass is 16.5. The smallest absolute Gasteiger partial charge is 0.305 e. The Kier molecular flexibility index (Phi) is 16.3. The second kappa shape index (κ2) is 17.4. The van der Waals surface area contributed by atoms with Gasteiger partial charge in [0.1, 0.15) is 6.04 Å². The molecular weight excluding hydrogens is 362 g/mol. The van der Waals surface area contributed by atoms with Gasteiger partial charge >= 0.3 is 5.97 Å². The Morgan fingerprint density at radius 3 is 2.11 bits per heavy atom. The number of nitrogens with two attached hydrogens (primary N) is 3. The number of hydrogen-bond donors (Lipinski definition) is 5. The third-order valence-corrected chi connectivity index (χ3v) is 4.47. The molecule has 0 unspecified atom stereocenters. The second-order valence-corrected chi connectivity index (χ2v) is 6.91. The van der Waals surface area contributed by atoms with Crippen LogP contribution in [0.25, 0.3) is 0 Å². The van der Waals surface area contributed by atoms with E-state index < -0.39 is 12.1 Å². The van der Waals surface area contributed by atoms with Crippen molar-refractivity contribution in [1.29, 1.82) is 0 Å². The molecule has 0 radical (unpaired) electrons. The zero-order valence-corrected chi connectivity index (χ0v) is 17.2. The fraction of sp³-hybridized carbons (Fsp3) is 0.842. The first kappa shape index (κ1) is 26.3. The lowest BCUT2D eigenvalue weighted by atomic mass is 10.1. The van der Waals surface area contributed by atoms with Gasteiger partial charge in [-0.3, -0.25) is 14.4 Å². The molecule has 9 nitrogen and oxygen atoms in total. The Morgan fingerprint density at radius 2 is 1.50 bits per heavy atom. The zero-order chi connectivity index (χ0) is 21.2. The summed E-state index contributed by atoms with van der Waals surface area (Å²) >= 11 is 0. The number of methoxy groups -OCH3 is 1. The molecule has 0 spiro atoms. The van der Waals surface area contributed by atoms with Crippen LogP contribution in [0.15, 0.2) is 0 Å². The van der Waals surface area contributed by atoms with Crippen molar-refractivity contribution in [2.75, 3.05) is 26.7 Å². The van der Waals surface area contributed by atoms with E-state index in [1.165, 1.54) is 7.11 Å². The van der Waals surface area contributed by atoms with Crippen LogP contribution >= 0.6 is 0 Å². The molecule has 9 heteroatoms. The van der Waals surface area contributed by atoms with Gasteiger partial charge in [-0.25, -0.2) is 0 Å². The lowest BCUT2D eigenvalue weighted by Gasteiger charge is -2.21. The van der Waals surface area contributed by atoms with Crippen molar-refractivity contribution >= 4 is 17.8 Å². The largest absolute Gasteiger partial charge is 0.469 e. The molecule has 0 fully saturated rings. The van der Waals surface area contributed by atoms with Gasteiger partial charge in [-0.05, 0) is 58.0 Å². The molecule has 0 saturated carbocycles. The topological polar surface area (TPSA) is 163 Å². The monoisotopic (exact) mass is 401 g/mol. The van der Waals surface area contributed by atoms with E-state index in [0.29, 0.717) is 38.9 Å². The van der Waals surface area contributed by atoms with Gasteiger partial charge in [0.05, 0.1) is 13.2 Å². The van der Waals surface area contributed by atoms with Gasteiger partial charge in [0.15, 0.2) is 0 Å². The van der Waals surface area contributed by atoms with E-state index in [1.54, 1.807) is 0 Å². The minimum atomic E-state index is -0.644. The molecule has 2 amide bonds. The number of esters is 1. The summed E-state index contributed by atoms with van der Waals surface area (Å²) in [5, 5.41) is 5.62. The predicted octanol–water partition coefficient (Wildman–Crippen LogP) is -0.0939. The van der Waals surface area contributed by atoms with E-state index >= 15 is 0 Å². The lowest BCUT2D eigenvalue weighted by Crippen LogP contribution is -2.51. The van der Waals surface area contributed by atoms with E-state index in [4.69, 9.17) is 17.2 Å². The van der Waals surface area contributed by atoms with Crippen molar-refractivity contribution in [1.82, 2.24) is 10.6 Å². The number of hydrogen-bond acceptors (Lipinski definition) is 7. The molecule has 0 saturated heterocycles. The molecule has 0 aliphatic carbocycles. The molecule has 0 bridgehead atoms. The molecule has 8 N–H and O–H groups in total. The average Bonchev–Trinajstić information content (AvgIpc) is 2.69. The van der Waals surface area contributed by atoms with Crippen molar-refractivity contribution < 1.29 is 19.1 Å². The Labute approximate surface area is 168 Å². The Morgan fingerprint density at radius 1 is 0.857 bits per heavy atom. The first-order valence-corrected chi connectivity index (χ1v) is 10.3. The number of unbranched alkanes of at least 4 members (excludes halogenated alkanes) is 4. The van der Waals surface area contributed by atoms with Crippen molar-refractivity contribution in [2.24, 2.45) is 17.2 Å². The van der Waals surface area contributed by atoms with Gasteiger partial charge in [0, 0.05) is 13.0 Å². The summed E-state index contributed by atoms with van der Waals surface area (Å²) in [7, 11) is 1.37. The first-order valence-electron chi connectivity index (χ1n) is 10.3. The molecule has 0 aliphatic heterocycles. The molecule has 2 atom stereocenters. The number of carbonyl (C=O) groups is 3. The van der Waals surface area contributed by atoms with E-state index in [1.807, 2.05) is 0 Å². The maximum absolute atomic E-state index is 12.5. The molecule has 0 aromatic heterocycles. The molecule has 28 heavy (non-hydrogen) atoms. The number of nitrogens with one attached hydrogen (secondary N) is 2. The van der Waals surface area contributed by atoms with Gasteiger partial charge in [-0.15, -0.1) is 0 Å². The van der Waals surface area contributed by atoms with E-state index in [2.05, 4.69) is 15.4 Å². The quantitative estimate of drug-likeness (QED) is 0.168. The van der Waals surface area contributed by atoms with Crippen LogP contribution in [0.3, 0.4) is 0 Å². The lowest BCUT2D eigenvalue weighted by molar-refractivity contribution is -0.140. The number of rotatable bonds is 17. The second-order valence-electron chi connectivity index (χ2n) is 6.91. The summed E-state index contributed by atoms with van der Waals surface area (Å²) in [6.07, 6.45) is 6.86. The summed E-state index contributed by atoms with van der Waals surface area (Å²) in [6.45, 7) is 1.60. The highest BCUT2D eigenvalue weighted by molar-refractivity contribution is 5.89. The van der Waals surface area contributed by atoms with E-state index in [0.717, 1.165) is 44.9 Å². The van der Waals surface area contributed by atoms with Gasteiger partial charge < -0.3 is 32.6 Å². The normalized spacial score (nSPS) is 12.9. The fourth-order valence-electron chi connectivity index (χ4n) is 2.69. The van der Waals surface area contributed by atoms with Crippen molar-refractivity contribution in [3.05, 3.63) is 0 Å². The summed E-state index contributed by atoms with van der Waals surface area (Å²) in [4.78, 5) is 35.8. The van der Waals surface area contributed by atoms with Gasteiger partial charge in [0.2, 0.25) is 11.8 Å². The summed E-state index contributed by atoms with van der Waals surface area (Å²) in [5.41, 5.74) is 16.9. The predicted molar refractivity (Wildman–Crippen MR) is 109 cm³/mol. The molecule has 0 aliphatic rings. The molecule has 0 aromatic rings. The molecule has 0 rings (SSSR count). The zero-order valence-electron chi connectivity index (χ0n) is 17.2. The van der Waals surface area contributed by atoms with Crippen molar-refractivity contribution in [3.63, 3.8) is 0 Å². The van der Waals surface area contributed by atoms with E-state index in [9.17, 15) is 14.4 Å². The standard InChI is InChI=1S/C19H39N5O4/c1-28-17(25)11-3-2-8-14-23-19(27)16(10-5-7-13-21)24-18(26)15(22)9-4-6-12-20/h15-16H,2-14,20-22H2,1H3,(H,23,27)(H,24,26)/t15-,16-/m0/s1. The minimum absolute atomic E-state index is 0.215. The van der Waals surface area contributed by atoms with Gasteiger partial charge in [-0.2, -0.15) is 0 Å². The molecule has 0 aromatic carbocycles. The van der Waals surface area contributed by atoms with Crippen LogP contribution in [-0.2, 0) is 19.1 Å². The maximum atomic E-state index is 12.5. The highest BCUT2D eigenvalue weighted by Crippen LogP contribution is 2.05. The van der Waals surface area contributed by atoms with Gasteiger partial charge in [-0.1, -0.05) is 12.8 Å². The Hall–Kier alpha value is -1.71. The first-order chi connectivity index (χ1) is 13.5. The number of ether oxygens (including phenoxy) is 1. The minimum Gasteiger partial charge on any atom is -0.469 e. The summed E-state index contributed by atoms with van der Waals surface area (Å²) < 4.78 is 4.59. The molecule has 164 valence electrons.